The molecule has 0 bridgehead atoms. The number of rotatable bonds is 2. The molecule has 1 unspecified atom stereocenters. The van der Waals surface area contributed by atoms with E-state index < -0.39 is 5.97 Å². The van der Waals surface area contributed by atoms with E-state index in [1.807, 2.05) is 17.7 Å². The molecule has 7 heteroatoms. The molecular weight excluding hydrogens is 234 g/mol. The van der Waals surface area contributed by atoms with Gasteiger partial charge in [-0.05, 0) is 12.5 Å². The van der Waals surface area contributed by atoms with E-state index >= 15 is 0 Å². The first-order valence-corrected chi connectivity index (χ1v) is 5.80. The molecule has 0 saturated carbocycles. The Morgan fingerprint density at radius 3 is 3.00 bits per heavy atom. The molecule has 3 rings (SSSR count). The predicted octanol–water partition coefficient (Wildman–Crippen LogP) is 0.326. The summed E-state index contributed by atoms with van der Waals surface area (Å²) >= 11 is 0. The van der Waals surface area contributed by atoms with Crippen molar-refractivity contribution >= 4 is 5.97 Å². The van der Waals surface area contributed by atoms with Crippen LogP contribution in [0.3, 0.4) is 0 Å². The molecule has 0 amide bonds. The molecule has 0 fully saturated rings. The van der Waals surface area contributed by atoms with Gasteiger partial charge >= 0.3 is 5.97 Å². The average molecular weight is 247 g/mol. The Morgan fingerprint density at radius 2 is 2.33 bits per heavy atom. The number of hydrogen-bond acceptors (Lipinski definition) is 4. The SMILES string of the molecule is Cn1nccc1-c1nnc2n1CC(C(=O)O)CC2. The van der Waals surface area contributed by atoms with Crippen molar-refractivity contribution in [3.05, 3.63) is 18.1 Å². The zero-order chi connectivity index (χ0) is 12.7. The summed E-state index contributed by atoms with van der Waals surface area (Å²) in [7, 11) is 1.83. The number of carboxylic acid groups (broad SMARTS) is 1. The van der Waals surface area contributed by atoms with Crippen molar-refractivity contribution in [3.63, 3.8) is 0 Å². The standard InChI is InChI=1S/C11H13N5O2/c1-15-8(4-5-12-15)10-14-13-9-3-2-7(11(17)18)6-16(9)10/h4-5,7H,2-3,6H2,1H3,(H,17,18). The maximum atomic E-state index is 11.1. The lowest BCUT2D eigenvalue weighted by atomic mass is 9.99. The Bertz CT molecular complexity index is 600. The lowest BCUT2D eigenvalue weighted by molar-refractivity contribution is -0.142. The molecule has 1 atom stereocenters. The predicted molar refractivity (Wildman–Crippen MR) is 61.7 cm³/mol. The van der Waals surface area contributed by atoms with Crippen molar-refractivity contribution in [1.29, 1.82) is 0 Å². The number of aromatic nitrogens is 5. The molecule has 0 saturated heterocycles. The Morgan fingerprint density at radius 1 is 1.50 bits per heavy atom. The zero-order valence-corrected chi connectivity index (χ0v) is 9.94. The van der Waals surface area contributed by atoms with Crippen LogP contribution in [-0.2, 0) is 24.8 Å². The molecule has 2 aromatic rings. The summed E-state index contributed by atoms with van der Waals surface area (Å²) in [6.07, 6.45) is 2.97. The van der Waals surface area contributed by atoms with Crippen LogP contribution in [0.4, 0.5) is 0 Å². The van der Waals surface area contributed by atoms with E-state index in [4.69, 9.17) is 5.11 Å². The van der Waals surface area contributed by atoms with Gasteiger partial charge in [-0.15, -0.1) is 10.2 Å². The van der Waals surface area contributed by atoms with Gasteiger partial charge in [-0.25, -0.2) is 0 Å². The maximum Gasteiger partial charge on any atom is 0.308 e. The lowest BCUT2D eigenvalue weighted by Gasteiger charge is -2.20. The fraction of sp³-hybridized carbons (Fsp3) is 0.455. The molecule has 0 aliphatic carbocycles. The van der Waals surface area contributed by atoms with Crippen molar-refractivity contribution in [2.75, 3.05) is 0 Å². The van der Waals surface area contributed by atoms with Gasteiger partial charge in [0.1, 0.15) is 11.5 Å². The van der Waals surface area contributed by atoms with Crippen molar-refractivity contribution in [3.8, 4) is 11.5 Å². The number of aryl methyl sites for hydroxylation is 2. The fourth-order valence-electron chi connectivity index (χ4n) is 2.31. The highest BCUT2D eigenvalue weighted by molar-refractivity contribution is 5.70. The van der Waals surface area contributed by atoms with E-state index in [-0.39, 0.29) is 5.92 Å². The van der Waals surface area contributed by atoms with E-state index in [1.165, 1.54) is 0 Å². The second-order valence-electron chi connectivity index (χ2n) is 4.46. The second-order valence-corrected chi connectivity index (χ2v) is 4.46. The first-order chi connectivity index (χ1) is 8.66. The molecule has 1 N–H and O–H groups in total. The number of carboxylic acids is 1. The highest BCUT2D eigenvalue weighted by Crippen LogP contribution is 2.25. The van der Waals surface area contributed by atoms with Crippen LogP contribution in [0, 0.1) is 5.92 Å². The van der Waals surface area contributed by atoms with Crippen molar-refractivity contribution < 1.29 is 9.90 Å². The zero-order valence-electron chi connectivity index (χ0n) is 9.94. The Kier molecular flexibility index (Phi) is 2.39. The molecule has 1 aliphatic heterocycles. The van der Waals surface area contributed by atoms with Gasteiger partial charge in [0.15, 0.2) is 5.82 Å². The van der Waals surface area contributed by atoms with E-state index in [0.29, 0.717) is 25.2 Å². The minimum atomic E-state index is -0.759. The summed E-state index contributed by atoms with van der Waals surface area (Å²) in [6.45, 7) is 0.429. The van der Waals surface area contributed by atoms with Gasteiger partial charge in [-0.3, -0.25) is 9.48 Å². The van der Waals surface area contributed by atoms with Crippen LogP contribution in [0.5, 0.6) is 0 Å². The molecular formula is C11H13N5O2. The van der Waals surface area contributed by atoms with Crippen molar-refractivity contribution in [1.82, 2.24) is 24.5 Å². The van der Waals surface area contributed by atoms with Gasteiger partial charge < -0.3 is 9.67 Å². The summed E-state index contributed by atoms with van der Waals surface area (Å²) < 4.78 is 3.60. The monoisotopic (exact) mass is 247 g/mol. The number of carbonyl (C=O) groups is 1. The van der Waals surface area contributed by atoms with Crippen LogP contribution >= 0.6 is 0 Å². The highest BCUT2D eigenvalue weighted by atomic mass is 16.4. The highest BCUT2D eigenvalue weighted by Gasteiger charge is 2.28. The van der Waals surface area contributed by atoms with Gasteiger partial charge in [0.2, 0.25) is 0 Å². The molecule has 3 heterocycles. The summed E-state index contributed by atoms with van der Waals surface area (Å²) in [6, 6.07) is 1.85. The number of aliphatic carboxylic acids is 1. The second kappa shape index (κ2) is 3.94. The summed E-state index contributed by atoms with van der Waals surface area (Å²) in [5.74, 6) is 0.422. The first kappa shape index (κ1) is 10.9. The Hall–Kier alpha value is -2.18. The van der Waals surface area contributed by atoms with Gasteiger partial charge in [0, 0.05) is 26.2 Å². The van der Waals surface area contributed by atoms with Gasteiger partial charge in [-0.2, -0.15) is 5.10 Å². The first-order valence-electron chi connectivity index (χ1n) is 5.80. The van der Waals surface area contributed by atoms with Crippen LogP contribution in [-0.4, -0.2) is 35.6 Å². The van der Waals surface area contributed by atoms with Crippen molar-refractivity contribution in [2.24, 2.45) is 13.0 Å². The minimum absolute atomic E-state index is 0.361. The summed E-state index contributed by atoms with van der Waals surface area (Å²) in [5, 5.41) is 21.5. The Balaban J connectivity index is 2.03. The minimum Gasteiger partial charge on any atom is -0.481 e. The third-order valence-corrected chi connectivity index (χ3v) is 3.35. The molecule has 0 spiro atoms. The summed E-state index contributed by atoms with van der Waals surface area (Å²) in [4.78, 5) is 11.1. The molecule has 1 aliphatic rings. The third-order valence-electron chi connectivity index (χ3n) is 3.35. The third kappa shape index (κ3) is 1.59. The normalized spacial score (nSPS) is 18.6. The summed E-state index contributed by atoms with van der Waals surface area (Å²) in [5.41, 5.74) is 0.847. The van der Waals surface area contributed by atoms with Crippen LogP contribution in [0.15, 0.2) is 12.3 Å². The largest absolute Gasteiger partial charge is 0.481 e. The topological polar surface area (TPSA) is 85.8 Å². The molecule has 18 heavy (non-hydrogen) atoms. The smallest absolute Gasteiger partial charge is 0.308 e. The molecule has 0 aromatic carbocycles. The number of fused-ring (bicyclic) bond motifs is 1. The molecule has 7 nitrogen and oxygen atoms in total. The van der Waals surface area contributed by atoms with Gasteiger partial charge in [0.25, 0.3) is 0 Å². The van der Waals surface area contributed by atoms with E-state index in [1.54, 1.807) is 10.9 Å². The van der Waals surface area contributed by atoms with Gasteiger partial charge in [-0.1, -0.05) is 0 Å². The number of nitrogens with zero attached hydrogens (tertiary/aromatic N) is 5. The average Bonchev–Trinajstić information content (AvgIpc) is 2.93. The van der Waals surface area contributed by atoms with E-state index in [9.17, 15) is 4.79 Å². The van der Waals surface area contributed by atoms with Crippen LogP contribution in [0.25, 0.3) is 11.5 Å². The van der Waals surface area contributed by atoms with Crippen LogP contribution < -0.4 is 0 Å². The lowest BCUT2D eigenvalue weighted by Crippen LogP contribution is -2.27. The van der Waals surface area contributed by atoms with Crippen LogP contribution in [0.2, 0.25) is 0 Å². The number of hydrogen-bond donors (Lipinski definition) is 1. The van der Waals surface area contributed by atoms with Crippen molar-refractivity contribution in [2.45, 2.75) is 19.4 Å². The molecule has 2 aromatic heterocycles. The van der Waals surface area contributed by atoms with Crippen LogP contribution in [0.1, 0.15) is 12.2 Å². The molecule has 94 valence electrons. The maximum absolute atomic E-state index is 11.1. The van der Waals surface area contributed by atoms with E-state index in [0.717, 1.165) is 11.5 Å². The molecule has 0 radical (unpaired) electrons. The fourth-order valence-corrected chi connectivity index (χ4v) is 2.31. The van der Waals surface area contributed by atoms with E-state index in [2.05, 4.69) is 15.3 Å². The van der Waals surface area contributed by atoms with Gasteiger partial charge in [0.05, 0.1) is 5.92 Å². The quantitative estimate of drug-likeness (QED) is 0.826. The Labute approximate surface area is 103 Å².